The van der Waals surface area contributed by atoms with Crippen LogP contribution in [-0.2, 0) is 22.6 Å². The molecule has 6 nitrogen and oxygen atoms in total. The molecule has 0 bridgehead atoms. The summed E-state index contributed by atoms with van der Waals surface area (Å²) in [6, 6.07) is 15.1. The van der Waals surface area contributed by atoms with E-state index in [2.05, 4.69) is 34.6 Å². The largest absolute Gasteiger partial charge is 0.379 e. The van der Waals surface area contributed by atoms with Crippen LogP contribution in [0.3, 0.4) is 0 Å². The highest BCUT2D eigenvalue weighted by Crippen LogP contribution is 2.21. The van der Waals surface area contributed by atoms with Crippen LogP contribution in [0.5, 0.6) is 0 Å². The van der Waals surface area contributed by atoms with Gasteiger partial charge in [-0.05, 0) is 42.7 Å². The molecule has 0 aliphatic carbocycles. The Kier molecular flexibility index (Phi) is 12.7. The molecule has 0 aromatic heterocycles. The zero-order chi connectivity index (χ0) is 22.6. The Hall–Kier alpha value is -1.75. The molecule has 33 heavy (non-hydrogen) atoms. The van der Waals surface area contributed by atoms with Crippen LogP contribution in [0.15, 0.2) is 53.5 Å². The van der Waals surface area contributed by atoms with E-state index in [1.54, 1.807) is 0 Å². The monoisotopic (exact) mass is 570 g/mol. The zero-order valence-electron chi connectivity index (χ0n) is 19.6. The van der Waals surface area contributed by atoms with E-state index in [1.807, 2.05) is 31.2 Å². The molecule has 1 fully saturated rings. The van der Waals surface area contributed by atoms with Crippen LogP contribution < -0.4 is 10.6 Å². The van der Waals surface area contributed by atoms with E-state index >= 15 is 0 Å². The molecule has 0 spiro atoms. The topological polar surface area (TPSA) is 58.1 Å². The maximum absolute atomic E-state index is 13.5. The smallest absolute Gasteiger partial charge is 0.191 e. The lowest BCUT2D eigenvalue weighted by Crippen LogP contribution is -2.46. The molecule has 2 aromatic rings. The van der Waals surface area contributed by atoms with E-state index in [0.717, 1.165) is 42.3 Å². The fourth-order valence-corrected chi connectivity index (χ4v) is 3.80. The number of hydrogen-bond donors (Lipinski definition) is 2. The van der Waals surface area contributed by atoms with Gasteiger partial charge in [0, 0.05) is 32.8 Å². The average molecular weight is 570 g/mol. The number of morpholine rings is 1. The third-order valence-electron chi connectivity index (χ3n) is 5.54. The first kappa shape index (κ1) is 27.5. The molecular weight excluding hydrogens is 534 g/mol. The summed E-state index contributed by atoms with van der Waals surface area (Å²) in [6.45, 7) is 10.5. The number of aliphatic imine (C=N–C) groups is 1. The first-order valence-corrected chi connectivity index (χ1v) is 11.4. The van der Waals surface area contributed by atoms with E-state index in [1.165, 1.54) is 12.1 Å². The number of guanidine groups is 1. The van der Waals surface area contributed by atoms with Crippen molar-refractivity contribution in [2.45, 2.75) is 33.0 Å². The van der Waals surface area contributed by atoms with Gasteiger partial charge in [0.2, 0.25) is 0 Å². The maximum Gasteiger partial charge on any atom is 0.191 e. The highest BCUT2D eigenvalue weighted by molar-refractivity contribution is 14.0. The molecule has 1 saturated heterocycles. The van der Waals surface area contributed by atoms with Gasteiger partial charge in [-0.15, -0.1) is 24.0 Å². The van der Waals surface area contributed by atoms with Crippen LogP contribution in [-0.4, -0.2) is 56.9 Å². The molecule has 1 heterocycles. The van der Waals surface area contributed by atoms with Crippen molar-refractivity contribution in [3.05, 3.63) is 71.0 Å². The number of hydrogen-bond acceptors (Lipinski definition) is 4. The second kappa shape index (κ2) is 15.2. The predicted octanol–water partition coefficient (Wildman–Crippen LogP) is 4.11. The number of nitrogens with zero attached hydrogens (tertiary/aromatic N) is 2. The van der Waals surface area contributed by atoms with Crippen molar-refractivity contribution in [1.82, 2.24) is 15.5 Å². The van der Waals surface area contributed by atoms with Gasteiger partial charge in [-0.1, -0.05) is 36.4 Å². The number of halogens is 2. The van der Waals surface area contributed by atoms with Crippen molar-refractivity contribution in [3.8, 4) is 0 Å². The number of nitrogens with one attached hydrogen (secondary N) is 2. The van der Waals surface area contributed by atoms with Crippen molar-refractivity contribution < 1.29 is 13.9 Å². The molecule has 1 aliphatic rings. The van der Waals surface area contributed by atoms with Gasteiger partial charge in [-0.2, -0.15) is 0 Å². The lowest BCUT2D eigenvalue weighted by atomic mass is 10.0. The van der Waals surface area contributed by atoms with Gasteiger partial charge in [0.15, 0.2) is 5.96 Å². The highest BCUT2D eigenvalue weighted by atomic mass is 127. The van der Waals surface area contributed by atoms with E-state index in [0.29, 0.717) is 39.5 Å². The van der Waals surface area contributed by atoms with Crippen molar-refractivity contribution in [2.24, 2.45) is 4.99 Å². The minimum atomic E-state index is -0.219. The van der Waals surface area contributed by atoms with Gasteiger partial charge in [0.1, 0.15) is 5.82 Å². The molecule has 0 amide bonds. The Balaban J connectivity index is 0.00000385. The summed E-state index contributed by atoms with van der Waals surface area (Å²) in [7, 11) is 0. The molecule has 1 atom stereocenters. The maximum atomic E-state index is 13.5. The van der Waals surface area contributed by atoms with Gasteiger partial charge < -0.3 is 20.1 Å². The van der Waals surface area contributed by atoms with E-state index in [9.17, 15) is 4.39 Å². The molecule has 2 N–H and O–H groups in total. The lowest BCUT2D eigenvalue weighted by Gasteiger charge is -2.35. The third-order valence-corrected chi connectivity index (χ3v) is 5.54. The molecule has 3 rings (SSSR count). The minimum absolute atomic E-state index is 0. The third kappa shape index (κ3) is 8.84. The number of rotatable bonds is 10. The van der Waals surface area contributed by atoms with Crippen LogP contribution in [0.4, 0.5) is 4.39 Å². The first-order valence-electron chi connectivity index (χ1n) is 11.4. The Labute approximate surface area is 214 Å². The fraction of sp³-hybridized carbons (Fsp3) is 0.480. The minimum Gasteiger partial charge on any atom is -0.379 e. The van der Waals surface area contributed by atoms with E-state index in [-0.39, 0.29) is 35.8 Å². The Bertz CT molecular complexity index is 845. The van der Waals surface area contributed by atoms with Gasteiger partial charge in [-0.3, -0.25) is 4.90 Å². The lowest BCUT2D eigenvalue weighted by molar-refractivity contribution is 0.0170. The summed E-state index contributed by atoms with van der Waals surface area (Å²) in [5, 5.41) is 6.83. The summed E-state index contributed by atoms with van der Waals surface area (Å²) in [4.78, 5) is 7.19. The van der Waals surface area contributed by atoms with Crippen molar-refractivity contribution in [1.29, 1.82) is 0 Å². The SMILES string of the molecule is CCNC(=NCc1ccccc1COCC)NCC(c1ccc(F)cc1)N1CCOCC1.I. The standard InChI is InChI=1S/C25H35FN4O2.HI/c1-3-27-25(28-17-21-7-5-6-8-22(21)19-31-4-2)29-18-24(30-13-15-32-16-14-30)20-9-11-23(26)12-10-20;/h5-12,24H,3-4,13-19H2,1-2H3,(H2,27,28,29);1H. The molecular formula is C25H36FIN4O2. The molecule has 1 unspecified atom stereocenters. The molecule has 8 heteroatoms. The fourth-order valence-electron chi connectivity index (χ4n) is 3.80. The summed E-state index contributed by atoms with van der Waals surface area (Å²) >= 11 is 0. The molecule has 1 aliphatic heterocycles. The van der Waals surface area contributed by atoms with Crippen LogP contribution in [0.2, 0.25) is 0 Å². The van der Waals surface area contributed by atoms with Gasteiger partial charge in [0.05, 0.1) is 32.4 Å². The van der Waals surface area contributed by atoms with Crippen LogP contribution in [0, 0.1) is 5.82 Å². The molecule has 0 saturated carbocycles. The van der Waals surface area contributed by atoms with Gasteiger partial charge >= 0.3 is 0 Å². The van der Waals surface area contributed by atoms with Crippen LogP contribution in [0.25, 0.3) is 0 Å². The van der Waals surface area contributed by atoms with E-state index < -0.39 is 0 Å². The van der Waals surface area contributed by atoms with Crippen molar-refractivity contribution in [3.63, 3.8) is 0 Å². The second-order valence-corrected chi connectivity index (χ2v) is 7.70. The predicted molar refractivity (Wildman–Crippen MR) is 142 cm³/mol. The second-order valence-electron chi connectivity index (χ2n) is 7.70. The Morgan fingerprint density at radius 1 is 1.06 bits per heavy atom. The zero-order valence-corrected chi connectivity index (χ0v) is 21.9. The molecule has 0 radical (unpaired) electrons. The van der Waals surface area contributed by atoms with Gasteiger partial charge in [0.25, 0.3) is 0 Å². The van der Waals surface area contributed by atoms with Gasteiger partial charge in [-0.25, -0.2) is 9.38 Å². The summed E-state index contributed by atoms with van der Waals surface area (Å²) in [5.41, 5.74) is 3.39. The highest BCUT2D eigenvalue weighted by Gasteiger charge is 2.23. The summed E-state index contributed by atoms with van der Waals surface area (Å²) in [5.74, 6) is 0.544. The quantitative estimate of drug-likeness (QED) is 0.256. The van der Waals surface area contributed by atoms with E-state index in [4.69, 9.17) is 14.5 Å². The number of ether oxygens (including phenoxy) is 2. The average Bonchev–Trinajstić information content (AvgIpc) is 2.83. The van der Waals surface area contributed by atoms with Crippen molar-refractivity contribution >= 4 is 29.9 Å². The van der Waals surface area contributed by atoms with Crippen molar-refractivity contribution in [2.75, 3.05) is 46.0 Å². The Morgan fingerprint density at radius 3 is 2.42 bits per heavy atom. The first-order chi connectivity index (χ1) is 15.7. The Morgan fingerprint density at radius 2 is 1.76 bits per heavy atom. The number of benzene rings is 2. The summed E-state index contributed by atoms with van der Waals surface area (Å²) < 4.78 is 24.6. The van der Waals surface area contributed by atoms with Crippen LogP contribution in [0.1, 0.15) is 36.6 Å². The normalized spacial score (nSPS) is 15.5. The summed E-state index contributed by atoms with van der Waals surface area (Å²) in [6.07, 6.45) is 0. The molecule has 2 aromatic carbocycles. The molecule has 182 valence electrons. The van der Waals surface area contributed by atoms with Crippen LogP contribution >= 0.6 is 24.0 Å².